The second-order valence-electron chi connectivity index (χ2n) is 5.06. The third-order valence-corrected chi connectivity index (χ3v) is 3.63. The molecule has 6 nitrogen and oxygen atoms in total. The summed E-state index contributed by atoms with van der Waals surface area (Å²) in [6.07, 6.45) is 3.47. The van der Waals surface area contributed by atoms with Gasteiger partial charge in [0.1, 0.15) is 5.69 Å². The maximum atomic E-state index is 5.37. The molecule has 0 fully saturated rings. The number of hydrogen-bond donors (Lipinski definition) is 1. The average Bonchev–Trinajstić information content (AvgIpc) is 3.06. The summed E-state index contributed by atoms with van der Waals surface area (Å²) in [5, 5.41) is 8.31. The van der Waals surface area contributed by atoms with Gasteiger partial charge in [0.25, 0.3) is 0 Å². The molecule has 0 aliphatic heterocycles. The Labute approximate surface area is 140 Å². The maximum Gasteiger partial charge on any atom is 0.161 e. The summed E-state index contributed by atoms with van der Waals surface area (Å²) >= 11 is 0. The first-order chi connectivity index (χ1) is 11.8. The van der Waals surface area contributed by atoms with E-state index in [0.29, 0.717) is 11.5 Å². The standard InChI is InChI=1S/C18H18N4O2/c1-23-16-9-8-13(10-17(16)24-2)18-14(11-20-19)12-22(21-18)15-6-4-3-5-7-15/h3-12H,19H2,1-2H3/b20-11-. The number of nitrogens with two attached hydrogens (primary N) is 1. The summed E-state index contributed by atoms with van der Waals surface area (Å²) in [6, 6.07) is 15.5. The number of hydrazone groups is 1. The van der Waals surface area contributed by atoms with Gasteiger partial charge in [-0.2, -0.15) is 10.2 Å². The molecule has 0 aliphatic carbocycles. The molecule has 0 unspecified atom stereocenters. The van der Waals surface area contributed by atoms with Crippen LogP contribution >= 0.6 is 0 Å². The van der Waals surface area contributed by atoms with Crippen LogP contribution in [0, 0.1) is 0 Å². The number of aromatic nitrogens is 2. The number of nitrogens with zero attached hydrogens (tertiary/aromatic N) is 3. The maximum absolute atomic E-state index is 5.37. The van der Waals surface area contributed by atoms with Gasteiger partial charge in [0.2, 0.25) is 0 Å². The van der Waals surface area contributed by atoms with Crippen molar-refractivity contribution in [3.63, 3.8) is 0 Å². The van der Waals surface area contributed by atoms with Gasteiger partial charge in [-0.15, -0.1) is 0 Å². The lowest BCUT2D eigenvalue weighted by Crippen LogP contribution is -1.95. The highest BCUT2D eigenvalue weighted by Crippen LogP contribution is 2.33. The van der Waals surface area contributed by atoms with Gasteiger partial charge in [-0.1, -0.05) is 18.2 Å². The van der Waals surface area contributed by atoms with Gasteiger partial charge in [0, 0.05) is 17.3 Å². The van der Waals surface area contributed by atoms with Crippen LogP contribution in [0.25, 0.3) is 16.9 Å². The first-order valence-corrected chi connectivity index (χ1v) is 7.37. The lowest BCUT2D eigenvalue weighted by atomic mass is 10.1. The van der Waals surface area contributed by atoms with Crippen molar-refractivity contribution < 1.29 is 9.47 Å². The van der Waals surface area contributed by atoms with Gasteiger partial charge < -0.3 is 15.3 Å². The Morgan fingerprint density at radius 3 is 2.46 bits per heavy atom. The third kappa shape index (κ3) is 2.94. The smallest absolute Gasteiger partial charge is 0.161 e. The minimum Gasteiger partial charge on any atom is -0.493 e. The molecular weight excluding hydrogens is 304 g/mol. The molecule has 2 N–H and O–H groups in total. The molecule has 2 aromatic carbocycles. The molecule has 1 heterocycles. The Kier molecular flexibility index (Phi) is 4.47. The van der Waals surface area contributed by atoms with Crippen molar-refractivity contribution in [1.82, 2.24) is 9.78 Å². The van der Waals surface area contributed by atoms with E-state index in [1.54, 1.807) is 25.1 Å². The van der Waals surface area contributed by atoms with Crippen molar-refractivity contribution in [3.8, 4) is 28.4 Å². The van der Waals surface area contributed by atoms with Crippen molar-refractivity contribution in [2.75, 3.05) is 14.2 Å². The summed E-state index contributed by atoms with van der Waals surface area (Å²) in [7, 11) is 3.21. The lowest BCUT2D eigenvalue weighted by Gasteiger charge is -2.08. The molecule has 0 radical (unpaired) electrons. The van der Waals surface area contributed by atoms with Crippen molar-refractivity contribution in [3.05, 3.63) is 60.3 Å². The summed E-state index contributed by atoms with van der Waals surface area (Å²) in [5.74, 6) is 6.65. The largest absolute Gasteiger partial charge is 0.493 e. The monoisotopic (exact) mass is 322 g/mol. The number of hydrogen-bond acceptors (Lipinski definition) is 5. The average molecular weight is 322 g/mol. The number of methoxy groups -OCH3 is 2. The fourth-order valence-electron chi connectivity index (χ4n) is 2.48. The van der Waals surface area contributed by atoms with Crippen molar-refractivity contribution in [2.45, 2.75) is 0 Å². The Hall–Kier alpha value is -3.28. The van der Waals surface area contributed by atoms with Crippen LogP contribution in [-0.2, 0) is 0 Å². The molecule has 0 amide bonds. The molecule has 24 heavy (non-hydrogen) atoms. The van der Waals surface area contributed by atoms with Crippen LogP contribution in [-0.4, -0.2) is 30.2 Å². The van der Waals surface area contributed by atoms with Crippen LogP contribution in [0.1, 0.15) is 5.56 Å². The van der Waals surface area contributed by atoms with E-state index in [4.69, 9.17) is 15.3 Å². The first-order valence-electron chi connectivity index (χ1n) is 7.37. The van der Waals surface area contributed by atoms with E-state index in [1.165, 1.54) is 0 Å². The minimum absolute atomic E-state index is 0.639. The Morgan fingerprint density at radius 2 is 1.79 bits per heavy atom. The highest BCUT2D eigenvalue weighted by atomic mass is 16.5. The topological polar surface area (TPSA) is 74.7 Å². The third-order valence-electron chi connectivity index (χ3n) is 3.63. The number of ether oxygens (including phenoxy) is 2. The summed E-state index contributed by atoms with van der Waals surface area (Å²) in [5.41, 5.74) is 3.41. The second kappa shape index (κ2) is 6.87. The van der Waals surface area contributed by atoms with E-state index in [0.717, 1.165) is 22.5 Å². The van der Waals surface area contributed by atoms with Crippen molar-refractivity contribution >= 4 is 6.21 Å². The second-order valence-corrected chi connectivity index (χ2v) is 5.06. The summed E-state index contributed by atoms with van der Waals surface area (Å²) in [6.45, 7) is 0. The molecule has 0 spiro atoms. The molecule has 3 aromatic rings. The molecular formula is C18H18N4O2. The quantitative estimate of drug-likeness (QED) is 0.445. The van der Waals surface area contributed by atoms with Crippen molar-refractivity contribution in [1.29, 1.82) is 0 Å². The van der Waals surface area contributed by atoms with Gasteiger partial charge in [0.15, 0.2) is 11.5 Å². The van der Waals surface area contributed by atoms with Gasteiger partial charge in [-0.25, -0.2) is 4.68 Å². The van der Waals surface area contributed by atoms with E-state index >= 15 is 0 Å². The Balaban J connectivity index is 2.11. The van der Waals surface area contributed by atoms with E-state index in [1.807, 2.05) is 54.7 Å². The van der Waals surface area contributed by atoms with E-state index in [2.05, 4.69) is 10.2 Å². The minimum atomic E-state index is 0.639. The predicted octanol–water partition coefficient (Wildman–Crippen LogP) is 2.85. The zero-order valence-corrected chi connectivity index (χ0v) is 13.5. The molecule has 0 aliphatic rings. The summed E-state index contributed by atoms with van der Waals surface area (Å²) < 4.78 is 12.4. The van der Waals surface area contributed by atoms with Crippen LogP contribution in [0.3, 0.4) is 0 Å². The van der Waals surface area contributed by atoms with Crippen LogP contribution in [0.4, 0.5) is 0 Å². The Bertz CT molecular complexity index is 857. The van der Waals surface area contributed by atoms with Crippen molar-refractivity contribution in [2.24, 2.45) is 10.9 Å². The van der Waals surface area contributed by atoms with Crippen LogP contribution in [0.2, 0.25) is 0 Å². The fourth-order valence-corrected chi connectivity index (χ4v) is 2.48. The van der Waals surface area contributed by atoms with E-state index in [9.17, 15) is 0 Å². The normalized spacial score (nSPS) is 10.9. The molecule has 0 saturated heterocycles. The van der Waals surface area contributed by atoms with Gasteiger partial charge in [-0.05, 0) is 30.3 Å². The van der Waals surface area contributed by atoms with Crippen LogP contribution < -0.4 is 15.3 Å². The van der Waals surface area contributed by atoms with Gasteiger partial charge >= 0.3 is 0 Å². The molecule has 0 atom stereocenters. The molecule has 122 valence electrons. The van der Waals surface area contributed by atoms with Crippen LogP contribution in [0.5, 0.6) is 11.5 Å². The molecule has 3 rings (SSSR count). The highest BCUT2D eigenvalue weighted by molar-refractivity contribution is 5.89. The number of benzene rings is 2. The zero-order chi connectivity index (χ0) is 16.9. The molecule has 1 aromatic heterocycles. The SMILES string of the molecule is COc1ccc(-c2nn(-c3ccccc3)cc2/C=N\N)cc1OC. The first kappa shape index (κ1) is 15.6. The predicted molar refractivity (Wildman–Crippen MR) is 93.9 cm³/mol. The zero-order valence-electron chi connectivity index (χ0n) is 13.5. The van der Waals surface area contributed by atoms with E-state index in [-0.39, 0.29) is 0 Å². The van der Waals surface area contributed by atoms with Crippen LogP contribution in [0.15, 0.2) is 59.8 Å². The lowest BCUT2D eigenvalue weighted by molar-refractivity contribution is 0.355. The highest BCUT2D eigenvalue weighted by Gasteiger charge is 2.13. The van der Waals surface area contributed by atoms with Gasteiger partial charge in [0.05, 0.1) is 26.1 Å². The Morgan fingerprint density at radius 1 is 1.04 bits per heavy atom. The molecule has 0 bridgehead atoms. The molecule has 6 heteroatoms. The van der Waals surface area contributed by atoms with Gasteiger partial charge in [-0.3, -0.25) is 0 Å². The molecule has 0 saturated carbocycles. The fraction of sp³-hybridized carbons (Fsp3) is 0.111. The summed E-state index contributed by atoms with van der Waals surface area (Å²) in [4.78, 5) is 0. The van der Waals surface area contributed by atoms with E-state index < -0.39 is 0 Å². The number of para-hydroxylation sites is 1. The number of rotatable bonds is 5.